The summed E-state index contributed by atoms with van der Waals surface area (Å²) in [7, 11) is 0. The quantitative estimate of drug-likeness (QED) is 0.565. The van der Waals surface area contributed by atoms with Crippen LogP contribution in [0, 0.1) is 0 Å². The number of anilines is 1. The number of primary amides is 1. The zero-order valence-corrected chi connectivity index (χ0v) is 19.2. The van der Waals surface area contributed by atoms with Crippen molar-refractivity contribution in [3.05, 3.63) is 66.0 Å². The second-order valence-corrected chi connectivity index (χ2v) is 8.58. The summed E-state index contributed by atoms with van der Waals surface area (Å²) < 4.78 is 20.2. The number of alkyl halides is 1. The molecule has 182 valence electrons. The van der Waals surface area contributed by atoms with Crippen molar-refractivity contribution < 1.29 is 18.7 Å². The molecule has 0 aliphatic carbocycles. The van der Waals surface area contributed by atoms with Gasteiger partial charge in [0.15, 0.2) is 12.4 Å². The topological polar surface area (TPSA) is 106 Å². The Kier molecular flexibility index (Phi) is 6.37. The van der Waals surface area contributed by atoms with Crippen LogP contribution in [0.15, 0.2) is 54.6 Å². The number of aromatic nitrogens is 2. The van der Waals surface area contributed by atoms with E-state index in [4.69, 9.17) is 15.6 Å². The van der Waals surface area contributed by atoms with Crippen LogP contribution in [0.25, 0.3) is 5.69 Å². The van der Waals surface area contributed by atoms with Crippen LogP contribution in [-0.4, -0.2) is 70.8 Å². The number of nitrogens with one attached hydrogen (secondary N) is 1. The first-order chi connectivity index (χ1) is 17.0. The van der Waals surface area contributed by atoms with E-state index >= 15 is 0 Å². The van der Waals surface area contributed by atoms with Gasteiger partial charge < -0.3 is 20.7 Å². The number of nitrogens with two attached hydrogens (primary N) is 1. The zero-order valence-electron chi connectivity index (χ0n) is 19.2. The Balaban J connectivity index is 1.41. The molecule has 2 aromatic carbocycles. The average molecular weight is 479 g/mol. The fourth-order valence-corrected chi connectivity index (χ4v) is 4.73. The standard InChI is InChI=1S/C25H27FN6O3/c26-16-21(33)31-14-12-30(13-15-31)20-10-11-28-23-22(20)29-32(24(23)25(27)34)17-6-8-19(9-7-17)35-18-4-2-1-3-5-18/h1-9,20,28H,10-16H2,(H2,27,34). The molecule has 1 aromatic heterocycles. The first kappa shape index (κ1) is 22.9. The highest BCUT2D eigenvalue weighted by Gasteiger charge is 2.35. The number of para-hydroxylation sites is 1. The molecule has 5 rings (SSSR count). The zero-order chi connectivity index (χ0) is 24.4. The Morgan fingerprint density at radius 1 is 1.03 bits per heavy atom. The lowest BCUT2D eigenvalue weighted by Gasteiger charge is -2.40. The number of piperazine rings is 1. The van der Waals surface area contributed by atoms with Crippen LogP contribution in [-0.2, 0) is 4.79 Å². The molecular formula is C25H27FN6O3. The molecule has 0 saturated carbocycles. The molecule has 3 N–H and O–H groups in total. The smallest absolute Gasteiger partial charge is 0.269 e. The Labute approximate surface area is 202 Å². The van der Waals surface area contributed by atoms with Gasteiger partial charge >= 0.3 is 0 Å². The fourth-order valence-electron chi connectivity index (χ4n) is 4.73. The minimum absolute atomic E-state index is 0.0334. The number of benzene rings is 2. The molecule has 0 radical (unpaired) electrons. The number of hydrogen-bond acceptors (Lipinski definition) is 6. The number of carbonyl (C=O) groups is 2. The summed E-state index contributed by atoms with van der Waals surface area (Å²) in [6.45, 7) is 1.85. The monoisotopic (exact) mass is 478 g/mol. The van der Waals surface area contributed by atoms with Crippen LogP contribution >= 0.6 is 0 Å². The van der Waals surface area contributed by atoms with Crippen LogP contribution in [0.5, 0.6) is 11.5 Å². The van der Waals surface area contributed by atoms with Crippen molar-refractivity contribution in [1.82, 2.24) is 19.6 Å². The largest absolute Gasteiger partial charge is 0.457 e. The van der Waals surface area contributed by atoms with Crippen LogP contribution in [0.1, 0.15) is 28.6 Å². The molecule has 3 heterocycles. The minimum Gasteiger partial charge on any atom is -0.457 e. The van der Waals surface area contributed by atoms with Gasteiger partial charge in [-0.05, 0) is 42.8 Å². The molecule has 1 saturated heterocycles. The molecule has 2 amide bonds. The molecule has 10 heteroatoms. The van der Waals surface area contributed by atoms with Crippen molar-refractivity contribution >= 4 is 17.5 Å². The number of amides is 2. The van der Waals surface area contributed by atoms with Gasteiger partial charge in [0.2, 0.25) is 0 Å². The molecule has 2 aliphatic heterocycles. The third-order valence-electron chi connectivity index (χ3n) is 6.46. The van der Waals surface area contributed by atoms with E-state index in [-0.39, 0.29) is 6.04 Å². The maximum absolute atomic E-state index is 12.8. The van der Waals surface area contributed by atoms with Crippen molar-refractivity contribution in [2.45, 2.75) is 12.5 Å². The Hall–Kier alpha value is -3.92. The number of ether oxygens (including phenoxy) is 1. The van der Waals surface area contributed by atoms with Gasteiger partial charge in [-0.15, -0.1) is 0 Å². The summed E-state index contributed by atoms with van der Waals surface area (Å²) in [4.78, 5) is 28.0. The van der Waals surface area contributed by atoms with Gasteiger partial charge in [0.05, 0.1) is 17.4 Å². The van der Waals surface area contributed by atoms with E-state index < -0.39 is 18.5 Å². The van der Waals surface area contributed by atoms with Crippen molar-refractivity contribution in [2.24, 2.45) is 5.73 Å². The molecule has 35 heavy (non-hydrogen) atoms. The Bertz CT molecular complexity index is 1210. The molecule has 0 spiro atoms. The van der Waals surface area contributed by atoms with Crippen molar-refractivity contribution in [2.75, 3.05) is 44.7 Å². The summed E-state index contributed by atoms with van der Waals surface area (Å²) in [6.07, 6.45) is 0.795. The van der Waals surface area contributed by atoms with Gasteiger partial charge in [-0.2, -0.15) is 5.10 Å². The third kappa shape index (κ3) is 4.57. The van der Waals surface area contributed by atoms with Crippen LogP contribution in [0.4, 0.5) is 10.1 Å². The highest BCUT2D eigenvalue weighted by atomic mass is 19.1. The predicted octanol–water partition coefficient (Wildman–Crippen LogP) is 2.73. The molecule has 1 unspecified atom stereocenters. The molecule has 0 bridgehead atoms. The first-order valence-corrected chi connectivity index (χ1v) is 11.6. The van der Waals surface area contributed by atoms with Gasteiger partial charge in [0, 0.05) is 32.7 Å². The summed E-state index contributed by atoms with van der Waals surface area (Å²) >= 11 is 0. The molecule has 3 aromatic rings. The van der Waals surface area contributed by atoms with Gasteiger partial charge in [0.25, 0.3) is 11.8 Å². The number of fused-ring (bicyclic) bond motifs is 1. The van der Waals surface area contributed by atoms with E-state index in [1.165, 1.54) is 0 Å². The summed E-state index contributed by atoms with van der Waals surface area (Å²) in [6, 6.07) is 16.7. The van der Waals surface area contributed by atoms with E-state index in [1.807, 2.05) is 54.6 Å². The average Bonchev–Trinajstić information content (AvgIpc) is 3.29. The van der Waals surface area contributed by atoms with Gasteiger partial charge in [-0.3, -0.25) is 14.5 Å². The second-order valence-electron chi connectivity index (χ2n) is 8.58. The normalized spacial score (nSPS) is 18.0. The SMILES string of the molecule is NC(=O)c1c2c(nn1-c1ccc(Oc3ccccc3)cc1)C(N1CCN(C(=O)CF)CC1)CCN2. The van der Waals surface area contributed by atoms with E-state index in [1.54, 1.807) is 9.58 Å². The van der Waals surface area contributed by atoms with Gasteiger partial charge in [-0.1, -0.05) is 18.2 Å². The number of halogens is 1. The fraction of sp³-hybridized carbons (Fsp3) is 0.320. The lowest BCUT2D eigenvalue weighted by molar-refractivity contribution is -0.134. The molecule has 9 nitrogen and oxygen atoms in total. The minimum atomic E-state index is -0.973. The van der Waals surface area contributed by atoms with Crippen LogP contribution in [0.2, 0.25) is 0 Å². The highest BCUT2D eigenvalue weighted by molar-refractivity contribution is 5.98. The number of rotatable bonds is 6. The number of hydrogen-bond donors (Lipinski definition) is 2. The van der Waals surface area contributed by atoms with E-state index in [2.05, 4.69) is 10.2 Å². The van der Waals surface area contributed by atoms with Crippen molar-refractivity contribution in [3.8, 4) is 17.2 Å². The van der Waals surface area contributed by atoms with Gasteiger partial charge in [-0.25, -0.2) is 9.07 Å². The summed E-state index contributed by atoms with van der Waals surface area (Å²) in [5.41, 5.74) is 8.16. The summed E-state index contributed by atoms with van der Waals surface area (Å²) in [5, 5.41) is 8.12. The molecule has 2 aliphatic rings. The molecular weight excluding hydrogens is 451 g/mol. The van der Waals surface area contributed by atoms with E-state index in [9.17, 15) is 14.0 Å². The van der Waals surface area contributed by atoms with Gasteiger partial charge in [0.1, 0.15) is 17.2 Å². The van der Waals surface area contributed by atoms with Crippen LogP contribution < -0.4 is 15.8 Å². The number of carbonyl (C=O) groups excluding carboxylic acids is 2. The van der Waals surface area contributed by atoms with E-state index in [0.29, 0.717) is 55.5 Å². The number of nitrogens with zero attached hydrogens (tertiary/aromatic N) is 4. The predicted molar refractivity (Wildman–Crippen MR) is 129 cm³/mol. The maximum Gasteiger partial charge on any atom is 0.269 e. The highest BCUT2D eigenvalue weighted by Crippen LogP contribution is 2.37. The Morgan fingerprint density at radius 3 is 2.37 bits per heavy atom. The lowest BCUT2D eigenvalue weighted by atomic mass is 10.0. The third-order valence-corrected chi connectivity index (χ3v) is 6.46. The molecule has 1 fully saturated rings. The maximum atomic E-state index is 12.8. The Morgan fingerprint density at radius 2 is 1.71 bits per heavy atom. The van der Waals surface area contributed by atoms with Crippen LogP contribution in [0.3, 0.4) is 0 Å². The van der Waals surface area contributed by atoms with E-state index in [0.717, 1.165) is 17.9 Å². The second kappa shape index (κ2) is 9.75. The van der Waals surface area contributed by atoms with Crippen molar-refractivity contribution in [1.29, 1.82) is 0 Å². The first-order valence-electron chi connectivity index (χ1n) is 11.6. The summed E-state index contributed by atoms with van der Waals surface area (Å²) in [5.74, 6) is 0.340. The lowest BCUT2D eigenvalue weighted by Crippen LogP contribution is -2.50. The van der Waals surface area contributed by atoms with Crippen molar-refractivity contribution in [3.63, 3.8) is 0 Å². The molecule has 1 atom stereocenters.